The van der Waals surface area contributed by atoms with Crippen LogP contribution in [0.25, 0.3) is 0 Å². The molecule has 17 heavy (non-hydrogen) atoms. The number of allylic oxidation sites excluding steroid dienone is 1. The summed E-state index contributed by atoms with van der Waals surface area (Å²) in [5.41, 5.74) is 0. The van der Waals surface area contributed by atoms with Gasteiger partial charge in [0.05, 0.1) is 25.6 Å². The molecule has 4 nitrogen and oxygen atoms in total. The van der Waals surface area contributed by atoms with Crippen LogP contribution in [0.4, 0.5) is 0 Å². The minimum absolute atomic E-state index is 0.0293. The fourth-order valence-electron chi connectivity index (χ4n) is 2.85. The van der Waals surface area contributed by atoms with Gasteiger partial charge in [0, 0.05) is 5.92 Å². The highest BCUT2D eigenvalue weighted by atomic mass is 16.5. The van der Waals surface area contributed by atoms with E-state index in [2.05, 4.69) is 0 Å². The Morgan fingerprint density at radius 3 is 2.76 bits per heavy atom. The lowest BCUT2D eigenvalue weighted by Crippen LogP contribution is -2.40. The summed E-state index contributed by atoms with van der Waals surface area (Å²) in [5.74, 6) is -0.951. The molecule has 0 aromatic heterocycles. The molecule has 4 atom stereocenters. The van der Waals surface area contributed by atoms with E-state index in [9.17, 15) is 9.59 Å². The number of carbonyl (C=O) groups excluding carboxylic acids is 2. The monoisotopic (exact) mass is 238 g/mol. The number of cyclic esters (lactones) is 1. The van der Waals surface area contributed by atoms with Crippen molar-refractivity contribution in [1.82, 2.24) is 0 Å². The summed E-state index contributed by atoms with van der Waals surface area (Å²) in [6, 6.07) is 0. The van der Waals surface area contributed by atoms with Crippen molar-refractivity contribution in [2.45, 2.75) is 13.8 Å². The van der Waals surface area contributed by atoms with Crippen LogP contribution in [0.15, 0.2) is 12.2 Å². The van der Waals surface area contributed by atoms with E-state index in [0.29, 0.717) is 12.5 Å². The van der Waals surface area contributed by atoms with Crippen LogP contribution in [0.3, 0.4) is 0 Å². The van der Waals surface area contributed by atoms with Gasteiger partial charge in [-0.3, -0.25) is 9.59 Å². The van der Waals surface area contributed by atoms with Crippen molar-refractivity contribution < 1.29 is 19.1 Å². The topological polar surface area (TPSA) is 52.6 Å². The number of esters is 2. The van der Waals surface area contributed by atoms with Gasteiger partial charge in [0.25, 0.3) is 0 Å². The maximum absolute atomic E-state index is 11.9. The molecular weight excluding hydrogens is 220 g/mol. The summed E-state index contributed by atoms with van der Waals surface area (Å²) in [6.45, 7) is 4.48. The molecule has 0 N–H and O–H groups in total. The largest absolute Gasteiger partial charge is 0.469 e. The highest BCUT2D eigenvalue weighted by Crippen LogP contribution is 2.42. The average molecular weight is 238 g/mol. The third kappa shape index (κ3) is 1.96. The zero-order valence-electron chi connectivity index (χ0n) is 10.4. The molecule has 1 aliphatic carbocycles. The van der Waals surface area contributed by atoms with Crippen LogP contribution < -0.4 is 0 Å². The zero-order chi connectivity index (χ0) is 12.6. The molecule has 94 valence electrons. The molecule has 0 radical (unpaired) electrons. The predicted octanol–water partition coefficient (Wildman–Crippen LogP) is 1.41. The summed E-state index contributed by atoms with van der Waals surface area (Å²) >= 11 is 0. The van der Waals surface area contributed by atoms with Crippen molar-refractivity contribution in [3.63, 3.8) is 0 Å². The molecule has 0 unspecified atom stereocenters. The van der Waals surface area contributed by atoms with Crippen LogP contribution in [-0.4, -0.2) is 25.7 Å². The maximum atomic E-state index is 11.9. The Balaban J connectivity index is 2.34. The second kappa shape index (κ2) is 4.51. The van der Waals surface area contributed by atoms with E-state index in [1.165, 1.54) is 7.11 Å². The van der Waals surface area contributed by atoms with E-state index in [-0.39, 0.29) is 29.7 Å². The summed E-state index contributed by atoms with van der Waals surface area (Å²) in [7, 11) is 1.37. The first-order valence-corrected chi connectivity index (χ1v) is 5.99. The van der Waals surface area contributed by atoms with Gasteiger partial charge < -0.3 is 9.47 Å². The number of hydrogen-bond acceptors (Lipinski definition) is 4. The molecule has 4 heteroatoms. The molecule has 0 saturated carbocycles. The van der Waals surface area contributed by atoms with E-state index in [1.807, 2.05) is 26.0 Å². The second-order valence-corrected chi connectivity index (χ2v) is 5.07. The van der Waals surface area contributed by atoms with E-state index in [4.69, 9.17) is 9.47 Å². The number of ether oxygens (including phenoxy) is 2. The van der Waals surface area contributed by atoms with Crippen molar-refractivity contribution in [2.75, 3.05) is 13.7 Å². The molecule has 2 rings (SSSR count). The Morgan fingerprint density at radius 2 is 2.18 bits per heavy atom. The Kier molecular flexibility index (Phi) is 3.22. The van der Waals surface area contributed by atoms with E-state index in [1.54, 1.807) is 0 Å². The summed E-state index contributed by atoms with van der Waals surface area (Å²) in [6.07, 6.45) is 4.05. The highest BCUT2D eigenvalue weighted by molar-refractivity contribution is 5.84. The van der Waals surface area contributed by atoms with Crippen LogP contribution >= 0.6 is 0 Å². The van der Waals surface area contributed by atoms with Crippen molar-refractivity contribution in [1.29, 1.82) is 0 Å². The fourth-order valence-corrected chi connectivity index (χ4v) is 2.85. The van der Waals surface area contributed by atoms with Gasteiger partial charge in [-0.2, -0.15) is 0 Å². The van der Waals surface area contributed by atoms with E-state index < -0.39 is 5.92 Å². The van der Waals surface area contributed by atoms with Gasteiger partial charge in [-0.25, -0.2) is 0 Å². The molecule has 1 aliphatic heterocycles. The SMILES string of the molecule is COC(=O)[C@@H]1[C@H]2C(=O)OC[C@H]2C=C[C@H]1C(C)C. The van der Waals surface area contributed by atoms with Gasteiger partial charge in [-0.1, -0.05) is 26.0 Å². The molecule has 0 aromatic rings. The van der Waals surface area contributed by atoms with Gasteiger partial charge in [-0.15, -0.1) is 0 Å². The molecule has 1 saturated heterocycles. The van der Waals surface area contributed by atoms with Gasteiger partial charge >= 0.3 is 11.9 Å². The Hall–Kier alpha value is -1.32. The molecule has 0 bridgehead atoms. The van der Waals surface area contributed by atoms with Crippen LogP contribution in [0.1, 0.15) is 13.8 Å². The lowest BCUT2D eigenvalue weighted by Gasteiger charge is -2.33. The molecular formula is C13H18O4. The molecule has 0 aromatic carbocycles. The summed E-state index contributed by atoms with van der Waals surface area (Å²) in [4.78, 5) is 23.6. The first-order valence-electron chi connectivity index (χ1n) is 5.99. The van der Waals surface area contributed by atoms with Gasteiger partial charge in [0.15, 0.2) is 0 Å². The third-order valence-corrected chi connectivity index (χ3v) is 3.78. The van der Waals surface area contributed by atoms with Crippen LogP contribution in [-0.2, 0) is 19.1 Å². The standard InChI is InChI=1S/C13H18O4/c1-7(2)9-5-4-8-6-17-13(15)10(8)11(9)12(14)16-3/h4-5,7-11H,6H2,1-3H3/t8-,9+,10+,11+/m1/s1. The first kappa shape index (κ1) is 12.1. The Morgan fingerprint density at radius 1 is 1.47 bits per heavy atom. The van der Waals surface area contributed by atoms with Crippen LogP contribution in [0.5, 0.6) is 0 Å². The van der Waals surface area contributed by atoms with Crippen LogP contribution in [0.2, 0.25) is 0 Å². The zero-order valence-corrected chi connectivity index (χ0v) is 10.4. The smallest absolute Gasteiger partial charge is 0.310 e. The third-order valence-electron chi connectivity index (χ3n) is 3.78. The van der Waals surface area contributed by atoms with E-state index in [0.717, 1.165) is 0 Å². The number of hydrogen-bond donors (Lipinski definition) is 0. The van der Waals surface area contributed by atoms with Crippen molar-refractivity contribution >= 4 is 11.9 Å². The van der Waals surface area contributed by atoms with Gasteiger partial charge in [0.1, 0.15) is 0 Å². The highest BCUT2D eigenvalue weighted by Gasteiger charge is 2.50. The normalized spacial score (nSPS) is 35.6. The van der Waals surface area contributed by atoms with Crippen LogP contribution in [0, 0.1) is 29.6 Å². The molecule has 1 fully saturated rings. The quantitative estimate of drug-likeness (QED) is 0.539. The second-order valence-electron chi connectivity index (χ2n) is 5.07. The molecule has 2 aliphatic rings. The number of fused-ring (bicyclic) bond motifs is 1. The molecule has 0 spiro atoms. The molecule has 0 amide bonds. The van der Waals surface area contributed by atoms with E-state index >= 15 is 0 Å². The van der Waals surface area contributed by atoms with Crippen molar-refractivity contribution in [2.24, 2.45) is 29.6 Å². The lowest BCUT2D eigenvalue weighted by molar-refractivity contribution is -0.156. The lowest BCUT2D eigenvalue weighted by atomic mass is 9.68. The predicted molar refractivity (Wildman–Crippen MR) is 60.9 cm³/mol. The van der Waals surface area contributed by atoms with Gasteiger partial charge in [-0.05, 0) is 11.8 Å². The number of rotatable bonds is 2. The van der Waals surface area contributed by atoms with Crippen molar-refractivity contribution in [3.05, 3.63) is 12.2 Å². The average Bonchev–Trinajstić information content (AvgIpc) is 2.69. The molecule has 1 heterocycles. The number of methoxy groups -OCH3 is 1. The minimum atomic E-state index is -0.398. The summed E-state index contributed by atoms with van der Waals surface area (Å²) in [5, 5.41) is 0. The van der Waals surface area contributed by atoms with Crippen molar-refractivity contribution in [3.8, 4) is 0 Å². The minimum Gasteiger partial charge on any atom is -0.469 e. The Bertz CT molecular complexity index is 358. The summed E-state index contributed by atoms with van der Waals surface area (Å²) < 4.78 is 9.90. The first-order chi connectivity index (χ1) is 8.06. The Labute approximate surface area is 101 Å². The van der Waals surface area contributed by atoms with Gasteiger partial charge in [0.2, 0.25) is 0 Å². The number of carbonyl (C=O) groups is 2. The maximum Gasteiger partial charge on any atom is 0.310 e. The fraction of sp³-hybridized carbons (Fsp3) is 0.692.